The maximum atomic E-state index is 13.1. The number of benzene rings is 2. The summed E-state index contributed by atoms with van der Waals surface area (Å²) in [6, 6.07) is 5.83. The summed E-state index contributed by atoms with van der Waals surface area (Å²) in [4.78, 5) is 21.8. The molecule has 0 spiro atoms. The highest BCUT2D eigenvalue weighted by atomic mass is 19.1. The second-order valence-corrected chi connectivity index (χ2v) is 4.46. The van der Waals surface area contributed by atoms with E-state index in [0.29, 0.717) is 11.0 Å². The van der Waals surface area contributed by atoms with Gasteiger partial charge in [0.2, 0.25) is 0 Å². The fourth-order valence-electron chi connectivity index (χ4n) is 1.82. The number of nitrogens with zero attached hydrogens (tertiary/aromatic N) is 2. The van der Waals surface area contributed by atoms with Crippen LogP contribution in [0, 0.1) is 21.7 Å². The van der Waals surface area contributed by atoms with E-state index in [1.807, 2.05) is 0 Å². The van der Waals surface area contributed by atoms with Crippen LogP contribution in [-0.2, 0) is 0 Å². The van der Waals surface area contributed by atoms with E-state index >= 15 is 0 Å². The first kappa shape index (κ1) is 16.1. The molecule has 0 aromatic heterocycles. The van der Waals surface area contributed by atoms with Gasteiger partial charge >= 0.3 is 6.09 Å². The van der Waals surface area contributed by atoms with Crippen molar-refractivity contribution in [1.29, 1.82) is 0 Å². The Morgan fingerprint density at radius 2 is 1.78 bits per heavy atom. The van der Waals surface area contributed by atoms with E-state index in [0.717, 1.165) is 31.3 Å². The van der Waals surface area contributed by atoms with Crippen molar-refractivity contribution >= 4 is 17.5 Å². The van der Waals surface area contributed by atoms with E-state index in [2.05, 4.69) is 0 Å². The topological polar surface area (TPSA) is 92.9 Å². The van der Waals surface area contributed by atoms with Crippen LogP contribution in [0.5, 0.6) is 11.5 Å². The Morgan fingerprint density at radius 1 is 1.17 bits per heavy atom. The van der Waals surface area contributed by atoms with Crippen LogP contribution in [0.4, 0.5) is 25.0 Å². The molecule has 0 unspecified atom stereocenters. The average molecular weight is 324 g/mol. The number of halogens is 2. The summed E-state index contributed by atoms with van der Waals surface area (Å²) in [5.41, 5.74) is -0.690. The van der Waals surface area contributed by atoms with Gasteiger partial charge in [-0.3, -0.25) is 15.0 Å². The molecular formula is C14H10F2N2O5. The van der Waals surface area contributed by atoms with Crippen LogP contribution < -0.4 is 9.64 Å². The van der Waals surface area contributed by atoms with Gasteiger partial charge in [0, 0.05) is 37.4 Å². The van der Waals surface area contributed by atoms with E-state index in [9.17, 15) is 23.7 Å². The zero-order valence-corrected chi connectivity index (χ0v) is 11.7. The molecule has 7 nitrogen and oxygen atoms in total. The van der Waals surface area contributed by atoms with Crippen LogP contribution in [0.25, 0.3) is 0 Å². The second kappa shape index (κ2) is 6.26. The first-order valence-electron chi connectivity index (χ1n) is 6.17. The number of ether oxygens (including phenoxy) is 1. The monoisotopic (exact) mass is 324 g/mol. The Hall–Kier alpha value is -3.23. The minimum Gasteiger partial charge on any atom is -0.465 e. The van der Waals surface area contributed by atoms with Crippen LogP contribution in [0.3, 0.4) is 0 Å². The van der Waals surface area contributed by atoms with E-state index in [1.165, 1.54) is 6.07 Å². The first-order chi connectivity index (χ1) is 10.8. The maximum absolute atomic E-state index is 13.1. The fourth-order valence-corrected chi connectivity index (χ4v) is 1.82. The third-order valence-electron chi connectivity index (χ3n) is 2.86. The summed E-state index contributed by atoms with van der Waals surface area (Å²) >= 11 is 0. The number of nitro benzene ring substituents is 1. The van der Waals surface area contributed by atoms with Crippen LogP contribution in [0.2, 0.25) is 0 Å². The van der Waals surface area contributed by atoms with Gasteiger partial charge in [-0.05, 0) is 6.07 Å². The van der Waals surface area contributed by atoms with Crippen molar-refractivity contribution in [3.8, 4) is 11.5 Å². The van der Waals surface area contributed by atoms with Gasteiger partial charge in [0.05, 0.1) is 4.92 Å². The quantitative estimate of drug-likeness (QED) is 0.682. The van der Waals surface area contributed by atoms with Crippen molar-refractivity contribution in [2.75, 3.05) is 11.9 Å². The molecule has 0 fully saturated rings. The first-order valence-corrected chi connectivity index (χ1v) is 6.17. The van der Waals surface area contributed by atoms with Crippen LogP contribution in [0.15, 0.2) is 36.4 Å². The zero-order valence-electron chi connectivity index (χ0n) is 11.7. The number of carboxylic acid groups (broad SMARTS) is 1. The number of nitro groups is 1. The van der Waals surface area contributed by atoms with E-state index in [-0.39, 0.29) is 17.2 Å². The van der Waals surface area contributed by atoms with E-state index in [1.54, 1.807) is 0 Å². The Labute approximate surface area is 128 Å². The highest BCUT2D eigenvalue weighted by Crippen LogP contribution is 2.33. The maximum Gasteiger partial charge on any atom is 0.411 e. The summed E-state index contributed by atoms with van der Waals surface area (Å²) in [7, 11) is 1.12. The molecule has 0 aliphatic rings. The molecule has 0 aliphatic carbocycles. The number of hydrogen-bond donors (Lipinski definition) is 1. The van der Waals surface area contributed by atoms with Gasteiger partial charge in [0.25, 0.3) is 5.69 Å². The highest BCUT2D eigenvalue weighted by Gasteiger charge is 2.22. The molecule has 1 N–H and O–H groups in total. The Balaban J connectivity index is 2.42. The van der Waals surface area contributed by atoms with Crippen molar-refractivity contribution in [1.82, 2.24) is 0 Å². The summed E-state index contributed by atoms with van der Waals surface area (Å²) in [6.07, 6.45) is -1.41. The molecule has 120 valence electrons. The largest absolute Gasteiger partial charge is 0.465 e. The molecule has 2 aromatic rings. The standard InChI is InChI=1S/C14H10F2N2O5/c1-17(14(19)20)13-7-10(2-3-12(13)18(21)22)23-11-5-8(15)4-9(16)6-11/h2-7H,1H3,(H,19,20). The molecule has 0 saturated carbocycles. The van der Waals surface area contributed by atoms with Crippen LogP contribution in [-0.4, -0.2) is 23.2 Å². The molecule has 0 heterocycles. The molecule has 0 radical (unpaired) electrons. The summed E-state index contributed by atoms with van der Waals surface area (Å²) < 4.78 is 31.5. The molecule has 0 aliphatic heterocycles. The lowest BCUT2D eigenvalue weighted by molar-refractivity contribution is -0.384. The lowest BCUT2D eigenvalue weighted by atomic mass is 10.2. The minimum absolute atomic E-state index is 0.0105. The van der Waals surface area contributed by atoms with E-state index in [4.69, 9.17) is 9.84 Å². The number of carbonyl (C=O) groups is 1. The predicted octanol–water partition coefficient (Wildman–Crippen LogP) is 3.78. The third kappa shape index (κ3) is 3.70. The molecule has 0 bridgehead atoms. The van der Waals surface area contributed by atoms with Crippen molar-refractivity contribution in [2.24, 2.45) is 0 Å². The van der Waals surface area contributed by atoms with Gasteiger partial charge in [-0.1, -0.05) is 0 Å². The molecule has 9 heteroatoms. The Bertz CT molecular complexity index is 762. The molecule has 0 saturated heterocycles. The average Bonchev–Trinajstić information content (AvgIpc) is 2.44. The Kier molecular flexibility index (Phi) is 4.39. The van der Waals surface area contributed by atoms with Crippen molar-refractivity contribution in [2.45, 2.75) is 0 Å². The molecule has 2 rings (SSSR count). The van der Waals surface area contributed by atoms with Crippen LogP contribution in [0.1, 0.15) is 0 Å². The van der Waals surface area contributed by atoms with Gasteiger partial charge in [-0.15, -0.1) is 0 Å². The summed E-state index contributed by atoms with van der Waals surface area (Å²) in [6.45, 7) is 0. The molecule has 0 atom stereocenters. The SMILES string of the molecule is CN(C(=O)O)c1cc(Oc2cc(F)cc(F)c2)ccc1[N+](=O)[O-]. The number of hydrogen-bond acceptors (Lipinski definition) is 4. The number of rotatable bonds is 4. The van der Waals surface area contributed by atoms with Crippen LogP contribution >= 0.6 is 0 Å². The van der Waals surface area contributed by atoms with Gasteiger partial charge in [0.15, 0.2) is 0 Å². The lowest BCUT2D eigenvalue weighted by Crippen LogP contribution is -2.24. The van der Waals surface area contributed by atoms with Gasteiger partial charge in [-0.25, -0.2) is 13.6 Å². The molecule has 23 heavy (non-hydrogen) atoms. The number of amides is 1. The predicted molar refractivity (Wildman–Crippen MR) is 76.0 cm³/mol. The lowest BCUT2D eigenvalue weighted by Gasteiger charge is -2.14. The van der Waals surface area contributed by atoms with Gasteiger partial charge in [0.1, 0.15) is 28.8 Å². The minimum atomic E-state index is -1.41. The summed E-state index contributed by atoms with van der Waals surface area (Å²) in [5.74, 6) is -1.89. The van der Waals surface area contributed by atoms with Gasteiger partial charge in [-0.2, -0.15) is 0 Å². The molecule has 1 amide bonds. The molecule has 2 aromatic carbocycles. The summed E-state index contributed by atoms with van der Waals surface area (Å²) in [5, 5.41) is 19.9. The molecular weight excluding hydrogens is 314 g/mol. The number of anilines is 1. The smallest absolute Gasteiger partial charge is 0.411 e. The van der Waals surface area contributed by atoms with Crippen molar-refractivity contribution < 1.29 is 28.3 Å². The Morgan fingerprint density at radius 3 is 2.30 bits per heavy atom. The fraction of sp³-hybridized carbons (Fsp3) is 0.0714. The normalized spacial score (nSPS) is 10.2. The highest BCUT2D eigenvalue weighted by molar-refractivity contribution is 5.89. The zero-order chi connectivity index (χ0) is 17.1. The third-order valence-corrected chi connectivity index (χ3v) is 2.86. The van der Waals surface area contributed by atoms with Crippen molar-refractivity contribution in [3.63, 3.8) is 0 Å². The van der Waals surface area contributed by atoms with E-state index < -0.39 is 28.3 Å². The van der Waals surface area contributed by atoms with Gasteiger partial charge < -0.3 is 9.84 Å². The van der Waals surface area contributed by atoms with Crippen molar-refractivity contribution in [3.05, 3.63) is 58.1 Å². The second-order valence-electron chi connectivity index (χ2n) is 4.46.